The molecule has 0 fully saturated rings. The van der Waals surface area contributed by atoms with Gasteiger partial charge in [0.25, 0.3) is 0 Å². The number of benzene rings is 1. The highest BCUT2D eigenvalue weighted by Gasteiger charge is 2.15. The maximum absolute atomic E-state index is 6.32. The molecule has 2 nitrogen and oxygen atoms in total. The van der Waals surface area contributed by atoms with Crippen molar-refractivity contribution in [2.75, 3.05) is 0 Å². The van der Waals surface area contributed by atoms with E-state index in [9.17, 15) is 0 Å². The van der Waals surface area contributed by atoms with Crippen molar-refractivity contribution >= 4 is 0 Å². The Morgan fingerprint density at radius 3 is 2.78 bits per heavy atom. The van der Waals surface area contributed by atoms with E-state index in [1.165, 1.54) is 41.5 Å². The van der Waals surface area contributed by atoms with E-state index in [0.29, 0.717) is 0 Å². The Kier molecular flexibility index (Phi) is 2.88. The summed E-state index contributed by atoms with van der Waals surface area (Å²) >= 11 is 0. The summed E-state index contributed by atoms with van der Waals surface area (Å²) in [4.78, 5) is 4.38. The van der Waals surface area contributed by atoms with Crippen LogP contribution in [0.3, 0.4) is 0 Å². The molecule has 2 aromatic rings. The van der Waals surface area contributed by atoms with E-state index < -0.39 is 0 Å². The molecule has 18 heavy (non-hydrogen) atoms. The number of aryl methyl sites for hydroxylation is 3. The monoisotopic (exact) mass is 238 g/mol. The lowest BCUT2D eigenvalue weighted by atomic mass is 9.99. The van der Waals surface area contributed by atoms with E-state index in [0.717, 1.165) is 5.69 Å². The topological polar surface area (TPSA) is 38.9 Å². The van der Waals surface area contributed by atoms with E-state index in [4.69, 9.17) is 5.73 Å². The smallest absolute Gasteiger partial charge is 0.0726 e. The van der Waals surface area contributed by atoms with Crippen molar-refractivity contribution in [3.8, 4) is 0 Å². The van der Waals surface area contributed by atoms with Crippen LogP contribution in [-0.4, -0.2) is 4.98 Å². The minimum absolute atomic E-state index is 0.115. The van der Waals surface area contributed by atoms with Gasteiger partial charge in [-0.2, -0.15) is 0 Å². The van der Waals surface area contributed by atoms with Crippen molar-refractivity contribution in [1.29, 1.82) is 0 Å². The number of aromatic nitrogens is 1. The van der Waals surface area contributed by atoms with Crippen LogP contribution in [0.5, 0.6) is 0 Å². The van der Waals surface area contributed by atoms with Gasteiger partial charge in [-0.1, -0.05) is 18.2 Å². The average molecular weight is 238 g/mol. The normalized spacial score (nSPS) is 15.4. The second kappa shape index (κ2) is 4.54. The molecule has 0 radical (unpaired) electrons. The van der Waals surface area contributed by atoms with Gasteiger partial charge in [-0.05, 0) is 60.6 Å². The molecule has 3 rings (SSSR count). The van der Waals surface area contributed by atoms with Gasteiger partial charge in [-0.25, -0.2) is 0 Å². The molecule has 1 unspecified atom stereocenters. The number of nitrogens with zero attached hydrogens (tertiary/aromatic N) is 1. The fourth-order valence-electron chi connectivity index (χ4n) is 2.69. The predicted octanol–water partition coefficient (Wildman–Crippen LogP) is 2.93. The first-order valence-electron chi connectivity index (χ1n) is 6.54. The fourth-order valence-corrected chi connectivity index (χ4v) is 2.69. The first-order chi connectivity index (χ1) is 8.74. The lowest BCUT2D eigenvalue weighted by Gasteiger charge is -2.13. The number of rotatable bonds is 2. The summed E-state index contributed by atoms with van der Waals surface area (Å²) in [7, 11) is 0. The molecule has 0 amide bonds. The molecule has 1 aliphatic carbocycles. The van der Waals surface area contributed by atoms with Crippen LogP contribution in [0.25, 0.3) is 0 Å². The molecule has 1 aromatic carbocycles. The Morgan fingerprint density at radius 1 is 1.11 bits per heavy atom. The van der Waals surface area contributed by atoms with Gasteiger partial charge in [-0.3, -0.25) is 4.98 Å². The molecule has 92 valence electrons. The molecule has 0 aliphatic heterocycles. The zero-order valence-electron chi connectivity index (χ0n) is 10.7. The van der Waals surface area contributed by atoms with E-state index >= 15 is 0 Å². The summed E-state index contributed by atoms with van der Waals surface area (Å²) in [5.74, 6) is 0. The number of nitrogens with two attached hydrogens (primary N) is 1. The first-order valence-corrected chi connectivity index (χ1v) is 6.54. The molecule has 1 aromatic heterocycles. The van der Waals surface area contributed by atoms with Gasteiger partial charge in [0, 0.05) is 6.20 Å². The van der Waals surface area contributed by atoms with Gasteiger partial charge in [0.2, 0.25) is 0 Å². The van der Waals surface area contributed by atoms with Gasteiger partial charge in [0.1, 0.15) is 0 Å². The number of pyridine rings is 1. The SMILES string of the molecule is Cc1ccnc(C(N)c2ccc3c(c2)CCC3)c1. The van der Waals surface area contributed by atoms with Gasteiger partial charge in [-0.15, -0.1) is 0 Å². The summed E-state index contributed by atoms with van der Waals surface area (Å²) in [6.07, 6.45) is 5.51. The highest BCUT2D eigenvalue weighted by Crippen LogP contribution is 2.26. The Balaban J connectivity index is 1.95. The quantitative estimate of drug-likeness (QED) is 0.873. The van der Waals surface area contributed by atoms with Crippen LogP contribution in [-0.2, 0) is 12.8 Å². The molecule has 1 heterocycles. The van der Waals surface area contributed by atoms with Crippen LogP contribution in [0.1, 0.15) is 40.4 Å². The van der Waals surface area contributed by atoms with Gasteiger partial charge < -0.3 is 5.73 Å². The molecule has 1 atom stereocenters. The minimum atomic E-state index is -0.115. The molecular weight excluding hydrogens is 220 g/mol. The van der Waals surface area contributed by atoms with Gasteiger partial charge >= 0.3 is 0 Å². The van der Waals surface area contributed by atoms with Crippen LogP contribution >= 0.6 is 0 Å². The Labute approximate surface area is 108 Å². The van der Waals surface area contributed by atoms with Crippen LogP contribution in [0.4, 0.5) is 0 Å². The maximum Gasteiger partial charge on any atom is 0.0726 e. The zero-order valence-corrected chi connectivity index (χ0v) is 10.7. The Morgan fingerprint density at radius 2 is 1.94 bits per heavy atom. The van der Waals surface area contributed by atoms with Crippen molar-refractivity contribution in [2.24, 2.45) is 5.73 Å². The molecule has 2 heteroatoms. The predicted molar refractivity (Wildman–Crippen MR) is 73.5 cm³/mol. The van der Waals surface area contributed by atoms with E-state index in [1.54, 1.807) is 0 Å². The summed E-state index contributed by atoms with van der Waals surface area (Å²) < 4.78 is 0. The number of hydrogen-bond acceptors (Lipinski definition) is 2. The van der Waals surface area contributed by atoms with Crippen molar-refractivity contribution < 1.29 is 0 Å². The molecule has 2 N–H and O–H groups in total. The highest BCUT2D eigenvalue weighted by atomic mass is 14.8. The number of fused-ring (bicyclic) bond motifs is 1. The minimum Gasteiger partial charge on any atom is -0.319 e. The Hall–Kier alpha value is -1.67. The van der Waals surface area contributed by atoms with Gasteiger partial charge in [0.15, 0.2) is 0 Å². The molecule has 0 bridgehead atoms. The summed E-state index contributed by atoms with van der Waals surface area (Å²) in [5, 5.41) is 0. The maximum atomic E-state index is 6.32. The summed E-state index contributed by atoms with van der Waals surface area (Å²) in [5.41, 5.74) is 12.6. The first kappa shape index (κ1) is 11.4. The number of hydrogen-bond donors (Lipinski definition) is 1. The highest BCUT2D eigenvalue weighted by molar-refractivity contribution is 5.39. The van der Waals surface area contributed by atoms with Crippen LogP contribution in [0.2, 0.25) is 0 Å². The second-order valence-electron chi connectivity index (χ2n) is 5.12. The van der Waals surface area contributed by atoms with Crippen molar-refractivity contribution in [1.82, 2.24) is 4.98 Å². The molecule has 1 aliphatic rings. The van der Waals surface area contributed by atoms with Crippen LogP contribution in [0.15, 0.2) is 36.5 Å². The fraction of sp³-hybridized carbons (Fsp3) is 0.312. The molecule has 0 saturated heterocycles. The van der Waals surface area contributed by atoms with E-state index in [2.05, 4.69) is 36.2 Å². The standard InChI is InChI=1S/C16H18N2/c1-11-7-8-18-15(9-11)16(17)14-6-5-12-3-2-4-13(12)10-14/h5-10,16H,2-4,17H2,1H3. The lowest BCUT2D eigenvalue weighted by Crippen LogP contribution is -2.14. The third-order valence-corrected chi connectivity index (χ3v) is 3.74. The van der Waals surface area contributed by atoms with Gasteiger partial charge in [0.05, 0.1) is 11.7 Å². The third kappa shape index (κ3) is 2.04. The largest absolute Gasteiger partial charge is 0.319 e. The summed E-state index contributed by atoms with van der Waals surface area (Å²) in [6.45, 7) is 2.07. The molecular formula is C16H18N2. The van der Waals surface area contributed by atoms with Crippen molar-refractivity contribution in [3.63, 3.8) is 0 Å². The summed E-state index contributed by atoms with van der Waals surface area (Å²) in [6, 6.07) is 10.6. The van der Waals surface area contributed by atoms with Crippen molar-refractivity contribution in [3.05, 3.63) is 64.5 Å². The lowest BCUT2D eigenvalue weighted by molar-refractivity contribution is 0.824. The third-order valence-electron chi connectivity index (χ3n) is 3.74. The molecule has 0 saturated carbocycles. The van der Waals surface area contributed by atoms with E-state index in [1.807, 2.05) is 12.3 Å². The van der Waals surface area contributed by atoms with Crippen LogP contribution in [0, 0.1) is 6.92 Å². The molecule has 0 spiro atoms. The Bertz CT molecular complexity index is 575. The van der Waals surface area contributed by atoms with E-state index in [-0.39, 0.29) is 6.04 Å². The van der Waals surface area contributed by atoms with Crippen LogP contribution < -0.4 is 5.73 Å². The average Bonchev–Trinajstić information content (AvgIpc) is 2.85. The zero-order chi connectivity index (χ0) is 12.5. The van der Waals surface area contributed by atoms with Crippen molar-refractivity contribution in [2.45, 2.75) is 32.2 Å². The second-order valence-corrected chi connectivity index (χ2v) is 5.12.